The molecule has 0 unspecified atom stereocenters. The van der Waals surface area contributed by atoms with Crippen molar-refractivity contribution in [3.05, 3.63) is 51.2 Å². The van der Waals surface area contributed by atoms with Crippen molar-refractivity contribution in [2.45, 2.75) is 12.5 Å². The minimum absolute atomic E-state index is 0.161. The van der Waals surface area contributed by atoms with Gasteiger partial charge in [0.05, 0.1) is 21.9 Å². The summed E-state index contributed by atoms with van der Waals surface area (Å²) in [5.74, 6) is -0.0636. The fourth-order valence-corrected chi connectivity index (χ4v) is 2.72. The van der Waals surface area contributed by atoms with E-state index in [2.05, 4.69) is 5.32 Å². The first-order valence-electron chi connectivity index (χ1n) is 6.03. The van der Waals surface area contributed by atoms with Gasteiger partial charge in [0.1, 0.15) is 5.75 Å². The molecule has 0 aliphatic carbocycles. The van der Waals surface area contributed by atoms with Crippen LogP contribution in [0, 0.1) is 0 Å². The standard InChI is InChI=1S/C14H14ClNO3S/c15-13-6-5-12(20-13)14(19)16-10(8-17)7-9-1-3-11(18)4-2-9/h1-6,10,17-18H,7-8H2,(H,16,19)/t10-/m0/s1. The molecular weight excluding hydrogens is 298 g/mol. The number of aliphatic hydroxyl groups excluding tert-OH is 1. The molecule has 0 radical (unpaired) electrons. The fraction of sp³-hybridized carbons (Fsp3) is 0.214. The number of phenols is 1. The van der Waals surface area contributed by atoms with Gasteiger partial charge < -0.3 is 15.5 Å². The first kappa shape index (κ1) is 14.8. The monoisotopic (exact) mass is 311 g/mol. The average molecular weight is 312 g/mol. The third-order valence-corrected chi connectivity index (χ3v) is 4.00. The molecule has 2 aromatic rings. The van der Waals surface area contributed by atoms with Gasteiger partial charge in [-0.2, -0.15) is 0 Å². The highest BCUT2D eigenvalue weighted by Gasteiger charge is 2.15. The number of thiophene rings is 1. The predicted molar refractivity (Wildman–Crippen MR) is 79.5 cm³/mol. The van der Waals surface area contributed by atoms with Gasteiger partial charge in [-0.1, -0.05) is 23.7 Å². The van der Waals surface area contributed by atoms with E-state index in [9.17, 15) is 15.0 Å². The summed E-state index contributed by atoms with van der Waals surface area (Å²) in [6.07, 6.45) is 0.488. The van der Waals surface area contributed by atoms with E-state index in [0.29, 0.717) is 15.6 Å². The number of carbonyl (C=O) groups excluding carboxylic acids is 1. The molecule has 1 aromatic heterocycles. The summed E-state index contributed by atoms with van der Waals surface area (Å²) < 4.78 is 0.550. The van der Waals surface area contributed by atoms with E-state index in [0.717, 1.165) is 5.56 Å². The highest BCUT2D eigenvalue weighted by atomic mass is 35.5. The topological polar surface area (TPSA) is 69.6 Å². The van der Waals surface area contributed by atoms with Crippen LogP contribution in [-0.2, 0) is 6.42 Å². The zero-order chi connectivity index (χ0) is 14.5. The molecule has 6 heteroatoms. The van der Waals surface area contributed by atoms with E-state index < -0.39 is 0 Å². The van der Waals surface area contributed by atoms with Crippen LogP contribution in [0.3, 0.4) is 0 Å². The van der Waals surface area contributed by atoms with Gasteiger partial charge >= 0.3 is 0 Å². The first-order chi connectivity index (χ1) is 9.58. The molecule has 0 saturated heterocycles. The maximum absolute atomic E-state index is 12.0. The summed E-state index contributed by atoms with van der Waals surface area (Å²) in [6, 6.07) is 9.59. The third kappa shape index (κ3) is 3.96. The third-order valence-electron chi connectivity index (χ3n) is 2.77. The van der Waals surface area contributed by atoms with Crippen LogP contribution in [0.2, 0.25) is 4.34 Å². The number of aliphatic hydroxyl groups is 1. The molecule has 0 bridgehead atoms. The van der Waals surface area contributed by atoms with Gasteiger partial charge in [-0.25, -0.2) is 0 Å². The fourth-order valence-electron chi connectivity index (χ4n) is 1.77. The van der Waals surface area contributed by atoms with Crippen molar-refractivity contribution in [3.8, 4) is 5.75 Å². The molecule has 0 aliphatic heterocycles. The number of hydrogen-bond acceptors (Lipinski definition) is 4. The summed E-state index contributed by atoms with van der Waals surface area (Å²) in [5, 5.41) is 21.3. The van der Waals surface area contributed by atoms with Crippen LogP contribution in [0.5, 0.6) is 5.75 Å². The van der Waals surface area contributed by atoms with E-state index in [1.54, 1.807) is 36.4 Å². The van der Waals surface area contributed by atoms with Crippen molar-refractivity contribution in [2.24, 2.45) is 0 Å². The van der Waals surface area contributed by atoms with Gasteiger partial charge in [0.25, 0.3) is 5.91 Å². The zero-order valence-electron chi connectivity index (χ0n) is 10.5. The number of halogens is 1. The van der Waals surface area contributed by atoms with Crippen LogP contribution < -0.4 is 5.32 Å². The molecule has 1 aromatic carbocycles. The summed E-state index contributed by atoms with van der Waals surface area (Å²) >= 11 is 6.98. The van der Waals surface area contributed by atoms with Crippen molar-refractivity contribution in [1.29, 1.82) is 0 Å². The van der Waals surface area contributed by atoms with E-state index in [1.165, 1.54) is 11.3 Å². The van der Waals surface area contributed by atoms with Gasteiger partial charge in [-0.3, -0.25) is 4.79 Å². The van der Waals surface area contributed by atoms with E-state index in [-0.39, 0.29) is 24.3 Å². The largest absolute Gasteiger partial charge is 0.508 e. The van der Waals surface area contributed by atoms with Gasteiger partial charge in [-0.05, 0) is 36.2 Å². The van der Waals surface area contributed by atoms with E-state index in [1.807, 2.05) is 0 Å². The Kier molecular flexibility index (Phi) is 5.00. The normalized spacial score (nSPS) is 12.1. The Hall–Kier alpha value is -1.56. The van der Waals surface area contributed by atoms with Crippen LogP contribution in [0.15, 0.2) is 36.4 Å². The van der Waals surface area contributed by atoms with E-state index in [4.69, 9.17) is 11.6 Å². The zero-order valence-corrected chi connectivity index (χ0v) is 12.1. The Labute approximate surface area is 125 Å². The minimum atomic E-state index is -0.382. The molecule has 1 atom stereocenters. The van der Waals surface area contributed by atoms with Crippen molar-refractivity contribution in [3.63, 3.8) is 0 Å². The lowest BCUT2D eigenvalue weighted by Crippen LogP contribution is -2.38. The lowest BCUT2D eigenvalue weighted by atomic mass is 10.1. The molecule has 3 N–H and O–H groups in total. The average Bonchev–Trinajstić information content (AvgIpc) is 2.87. The molecule has 20 heavy (non-hydrogen) atoms. The molecular formula is C14H14ClNO3S. The Balaban J connectivity index is 1.98. The molecule has 1 heterocycles. The summed E-state index contributed by atoms with van der Waals surface area (Å²) in [4.78, 5) is 12.5. The van der Waals surface area contributed by atoms with Crippen LogP contribution in [0.4, 0.5) is 0 Å². The second-order valence-electron chi connectivity index (χ2n) is 4.33. The molecule has 4 nitrogen and oxygen atoms in total. The Morgan fingerprint density at radius 3 is 2.50 bits per heavy atom. The SMILES string of the molecule is O=C(N[C@H](CO)Cc1ccc(O)cc1)c1ccc(Cl)s1. The van der Waals surface area contributed by atoms with Crippen molar-refractivity contribution in [2.75, 3.05) is 6.61 Å². The van der Waals surface area contributed by atoms with Gasteiger partial charge in [0.2, 0.25) is 0 Å². The lowest BCUT2D eigenvalue weighted by molar-refractivity contribution is 0.0920. The first-order valence-corrected chi connectivity index (χ1v) is 7.23. The number of aromatic hydroxyl groups is 1. The van der Waals surface area contributed by atoms with Crippen LogP contribution in [0.1, 0.15) is 15.2 Å². The van der Waals surface area contributed by atoms with Crippen LogP contribution >= 0.6 is 22.9 Å². The second kappa shape index (κ2) is 6.74. The Bertz CT molecular complexity index is 582. The van der Waals surface area contributed by atoms with E-state index >= 15 is 0 Å². The maximum atomic E-state index is 12.0. The van der Waals surface area contributed by atoms with Gasteiger partial charge in [0.15, 0.2) is 0 Å². The highest BCUT2D eigenvalue weighted by Crippen LogP contribution is 2.21. The summed E-state index contributed by atoms with van der Waals surface area (Å²) in [5.41, 5.74) is 0.923. The Morgan fingerprint density at radius 1 is 1.25 bits per heavy atom. The summed E-state index contributed by atoms with van der Waals surface area (Å²) in [7, 11) is 0. The van der Waals surface area contributed by atoms with Crippen molar-refractivity contribution in [1.82, 2.24) is 5.32 Å². The van der Waals surface area contributed by atoms with Crippen LogP contribution in [-0.4, -0.2) is 28.8 Å². The number of carbonyl (C=O) groups is 1. The summed E-state index contributed by atoms with van der Waals surface area (Å²) in [6.45, 7) is -0.161. The second-order valence-corrected chi connectivity index (χ2v) is 6.04. The molecule has 0 saturated carbocycles. The predicted octanol–water partition coefficient (Wildman–Crippen LogP) is 2.44. The smallest absolute Gasteiger partial charge is 0.261 e. The number of nitrogens with one attached hydrogen (secondary N) is 1. The number of phenolic OH excluding ortho intramolecular Hbond substituents is 1. The van der Waals surface area contributed by atoms with Crippen molar-refractivity contribution >= 4 is 28.8 Å². The molecule has 0 fully saturated rings. The number of rotatable bonds is 5. The number of amides is 1. The number of benzene rings is 1. The molecule has 106 valence electrons. The quantitative estimate of drug-likeness (QED) is 0.794. The molecule has 2 rings (SSSR count). The molecule has 0 aliphatic rings. The number of hydrogen-bond donors (Lipinski definition) is 3. The molecule has 0 spiro atoms. The molecule has 1 amide bonds. The van der Waals surface area contributed by atoms with Crippen LogP contribution in [0.25, 0.3) is 0 Å². The Morgan fingerprint density at radius 2 is 1.95 bits per heavy atom. The van der Waals surface area contributed by atoms with Crippen molar-refractivity contribution < 1.29 is 15.0 Å². The maximum Gasteiger partial charge on any atom is 0.261 e. The van der Waals surface area contributed by atoms with Gasteiger partial charge in [0, 0.05) is 0 Å². The van der Waals surface area contributed by atoms with Gasteiger partial charge in [-0.15, -0.1) is 11.3 Å². The minimum Gasteiger partial charge on any atom is -0.508 e. The highest BCUT2D eigenvalue weighted by molar-refractivity contribution is 7.17. The lowest BCUT2D eigenvalue weighted by Gasteiger charge is -2.15.